The lowest BCUT2D eigenvalue weighted by Crippen LogP contribution is -2.36. The van der Waals surface area contributed by atoms with Gasteiger partial charge < -0.3 is 10.0 Å². The van der Waals surface area contributed by atoms with Crippen LogP contribution in [0.1, 0.15) is 19.3 Å². The fourth-order valence-corrected chi connectivity index (χ4v) is 2.92. The van der Waals surface area contributed by atoms with Gasteiger partial charge >= 0.3 is 0 Å². The van der Waals surface area contributed by atoms with E-state index in [1.165, 1.54) is 19.3 Å². The summed E-state index contributed by atoms with van der Waals surface area (Å²) >= 11 is 0. The Kier molecular flexibility index (Phi) is 1.52. The molecule has 2 saturated carbocycles. The van der Waals surface area contributed by atoms with Crippen molar-refractivity contribution in [1.29, 1.82) is 0 Å². The van der Waals surface area contributed by atoms with Crippen molar-refractivity contribution < 1.29 is 5.11 Å². The third kappa shape index (κ3) is 0.859. The summed E-state index contributed by atoms with van der Waals surface area (Å²) in [4.78, 5) is 2.28. The maximum atomic E-state index is 9.26. The molecule has 0 radical (unpaired) electrons. The molecule has 1 unspecified atom stereocenters. The zero-order valence-corrected chi connectivity index (χ0v) is 7.38. The molecule has 0 aromatic rings. The highest BCUT2D eigenvalue weighted by Gasteiger charge is 2.62. The van der Waals surface area contributed by atoms with E-state index in [1.54, 1.807) is 0 Å². The summed E-state index contributed by atoms with van der Waals surface area (Å²) in [6, 6.07) is 0.650. The van der Waals surface area contributed by atoms with Crippen molar-refractivity contribution in [3.05, 3.63) is 0 Å². The highest BCUT2D eigenvalue weighted by molar-refractivity contribution is 5.13. The fraction of sp³-hybridized carbons (Fsp3) is 1.00. The molecule has 0 saturated heterocycles. The number of rotatable bonds is 2. The second-order valence-corrected chi connectivity index (χ2v) is 4.35. The molecule has 2 fully saturated rings. The zero-order chi connectivity index (χ0) is 8.06. The van der Waals surface area contributed by atoms with Crippen LogP contribution in [0.2, 0.25) is 0 Å². The van der Waals surface area contributed by atoms with Crippen molar-refractivity contribution in [2.24, 2.45) is 11.3 Å². The van der Waals surface area contributed by atoms with Crippen molar-refractivity contribution in [3.63, 3.8) is 0 Å². The number of aliphatic hydroxyl groups is 1. The largest absolute Gasteiger partial charge is 0.396 e. The van der Waals surface area contributed by atoms with E-state index in [4.69, 9.17) is 0 Å². The molecule has 0 aromatic heterocycles. The summed E-state index contributed by atoms with van der Waals surface area (Å²) in [6.07, 6.45) is 3.90. The minimum atomic E-state index is 0.323. The van der Waals surface area contributed by atoms with Gasteiger partial charge in [0.05, 0.1) is 6.61 Å². The van der Waals surface area contributed by atoms with E-state index in [9.17, 15) is 5.11 Å². The van der Waals surface area contributed by atoms with Gasteiger partial charge in [0.15, 0.2) is 0 Å². The average molecular weight is 155 g/mol. The highest BCUT2D eigenvalue weighted by atomic mass is 16.3. The SMILES string of the molecule is CN(C)C1CC[C@H]2C[C@@]12CO. The van der Waals surface area contributed by atoms with Gasteiger partial charge in [-0.05, 0) is 39.3 Å². The summed E-state index contributed by atoms with van der Waals surface area (Å²) < 4.78 is 0. The molecular weight excluding hydrogens is 138 g/mol. The normalized spacial score (nSPS) is 48.0. The van der Waals surface area contributed by atoms with Gasteiger partial charge in [-0.25, -0.2) is 0 Å². The summed E-state index contributed by atoms with van der Waals surface area (Å²) in [7, 11) is 4.26. The second kappa shape index (κ2) is 2.20. The molecule has 2 heteroatoms. The molecule has 2 aliphatic rings. The van der Waals surface area contributed by atoms with Gasteiger partial charge in [0, 0.05) is 11.5 Å². The van der Waals surface area contributed by atoms with Gasteiger partial charge in [-0.2, -0.15) is 0 Å². The van der Waals surface area contributed by atoms with Crippen LogP contribution in [0, 0.1) is 11.3 Å². The monoisotopic (exact) mass is 155 g/mol. The summed E-state index contributed by atoms with van der Waals surface area (Å²) in [5.41, 5.74) is 0.323. The van der Waals surface area contributed by atoms with E-state index in [0.717, 1.165) is 5.92 Å². The number of nitrogens with zero attached hydrogens (tertiary/aromatic N) is 1. The number of fused-ring (bicyclic) bond motifs is 1. The van der Waals surface area contributed by atoms with E-state index in [0.29, 0.717) is 18.1 Å². The van der Waals surface area contributed by atoms with Crippen LogP contribution in [0.5, 0.6) is 0 Å². The Morgan fingerprint density at radius 1 is 1.45 bits per heavy atom. The summed E-state index contributed by atoms with van der Waals surface area (Å²) in [6.45, 7) is 0.403. The first-order valence-electron chi connectivity index (χ1n) is 4.48. The number of aliphatic hydroxyl groups excluding tert-OH is 1. The van der Waals surface area contributed by atoms with Gasteiger partial charge in [0.1, 0.15) is 0 Å². The van der Waals surface area contributed by atoms with E-state index < -0.39 is 0 Å². The summed E-state index contributed by atoms with van der Waals surface area (Å²) in [5.74, 6) is 0.847. The Balaban J connectivity index is 2.11. The first-order valence-corrected chi connectivity index (χ1v) is 4.48. The van der Waals surface area contributed by atoms with Gasteiger partial charge in [-0.1, -0.05) is 0 Å². The van der Waals surface area contributed by atoms with Gasteiger partial charge in [-0.15, -0.1) is 0 Å². The molecule has 0 amide bonds. The van der Waals surface area contributed by atoms with Crippen molar-refractivity contribution in [2.45, 2.75) is 25.3 Å². The predicted molar refractivity (Wildman–Crippen MR) is 44.3 cm³/mol. The molecule has 64 valence electrons. The lowest BCUT2D eigenvalue weighted by Gasteiger charge is -2.27. The first-order chi connectivity index (χ1) is 5.20. The molecule has 2 nitrogen and oxygen atoms in total. The molecule has 0 heterocycles. The van der Waals surface area contributed by atoms with Gasteiger partial charge in [-0.3, -0.25) is 0 Å². The minimum absolute atomic E-state index is 0.323. The number of hydrogen-bond donors (Lipinski definition) is 1. The third-order valence-corrected chi connectivity index (χ3v) is 3.65. The molecule has 0 aromatic carbocycles. The van der Waals surface area contributed by atoms with Crippen LogP contribution in [-0.2, 0) is 0 Å². The average Bonchev–Trinajstić information content (AvgIpc) is 2.58. The fourth-order valence-electron chi connectivity index (χ4n) is 2.92. The Labute approximate surface area is 68.2 Å². The molecule has 2 rings (SSSR count). The minimum Gasteiger partial charge on any atom is -0.396 e. The summed E-state index contributed by atoms with van der Waals surface area (Å²) in [5, 5.41) is 9.26. The van der Waals surface area contributed by atoms with Crippen molar-refractivity contribution in [1.82, 2.24) is 4.90 Å². The van der Waals surface area contributed by atoms with Crippen LogP contribution in [0.25, 0.3) is 0 Å². The standard InChI is InChI=1S/C9H17NO/c1-10(2)8-4-3-7-5-9(7,8)6-11/h7-8,11H,3-6H2,1-2H3/t7-,8?,9-/m0/s1. The Morgan fingerprint density at radius 3 is 2.55 bits per heavy atom. The lowest BCUT2D eigenvalue weighted by atomic mass is 9.98. The van der Waals surface area contributed by atoms with Crippen molar-refractivity contribution in [2.75, 3.05) is 20.7 Å². The topological polar surface area (TPSA) is 23.5 Å². The molecule has 11 heavy (non-hydrogen) atoms. The van der Waals surface area contributed by atoms with Crippen LogP contribution < -0.4 is 0 Å². The third-order valence-electron chi connectivity index (χ3n) is 3.65. The van der Waals surface area contributed by atoms with E-state index in [2.05, 4.69) is 19.0 Å². The molecule has 0 aliphatic heterocycles. The molecule has 3 atom stereocenters. The van der Waals surface area contributed by atoms with Gasteiger partial charge in [0.2, 0.25) is 0 Å². The van der Waals surface area contributed by atoms with Crippen LogP contribution in [0.15, 0.2) is 0 Å². The van der Waals surface area contributed by atoms with Crippen molar-refractivity contribution >= 4 is 0 Å². The molecule has 0 bridgehead atoms. The maximum Gasteiger partial charge on any atom is 0.0505 e. The predicted octanol–water partition coefficient (Wildman–Crippen LogP) is 0.709. The van der Waals surface area contributed by atoms with Crippen LogP contribution in [0.4, 0.5) is 0 Å². The first kappa shape index (κ1) is 7.56. The Morgan fingerprint density at radius 2 is 2.18 bits per heavy atom. The van der Waals surface area contributed by atoms with E-state index >= 15 is 0 Å². The smallest absolute Gasteiger partial charge is 0.0505 e. The highest BCUT2D eigenvalue weighted by Crippen LogP contribution is 2.64. The number of hydrogen-bond acceptors (Lipinski definition) is 2. The zero-order valence-electron chi connectivity index (χ0n) is 7.38. The van der Waals surface area contributed by atoms with E-state index in [1.807, 2.05) is 0 Å². The Hall–Kier alpha value is -0.0800. The quantitative estimate of drug-likeness (QED) is 0.635. The molecule has 1 N–H and O–H groups in total. The van der Waals surface area contributed by atoms with E-state index in [-0.39, 0.29) is 0 Å². The molecule has 2 aliphatic carbocycles. The molecule has 0 spiro atoms. The van der Waals surface area contributed by atoms with Crippen LogP contribution in [-0.4, -0.2) is 36.8 Å². The lowest BCUT2D eigenvalue weighted by molar-refractivity contribution is 0.124. The molecular formula is C9H17NO. The Bertz CT molecular complexity index is 165. The maximum absolute atomic E-state index is 9.26. The van der Waals surface area contributed by atoms with Crippen molar-refractivity contribution in [3.8, 4) is 0 Å². The van der Waals surface area contributed by atoms with Gasteiger partial charge in [0.25, 0.3) is 0 Å². The second-order valence-electron chi connectivity index (χ2n) is 4.35. The van der Waals surface area contributed by atoms with Crippen LogP contribution >= 0.6 is 0 Å². The van der Waals surface area contributed by atoms with Crippen LogP contribution in [0.3, 0.4) is 0 Å².